The zero-order valence-corrected chi connectivity index (χ0v) is 9.83. The van der Waals surface area contributed by atoms with Crippen LogP contribution < -0.4 is 10.0 Å². The summed E-state index contributed by atoms with van der Waals surface area (Å²) in [5.41, 5.74) is 0.820. The molecule has 2 N–H and O–H groups in total. The van der Waals surface area contributed by atoms with Crippen LogP contribution in [0.5, 0.6) is 0 Å². The van der Waals surface area contributed by atoms with E-state index in [1.54, 1.807) is 0 Å². The Kier molecular flexibility index (Phi) is 3.58. The minimum Gasteiger partial charge on any atom is -0.315 e. The van der Waals surface area contributed by atoms with Crippen molar-refractivity contribution in [2.24, 2.45) is 0 Å². The van der Waals surface area contributed by atoms with Crippen LogP contribution in [-0.2, 0) is 15.8 Å². The molecular weight excluding hydrogens is 224 g/mol. The molecule has 16 heavy (non-hydrogen) atoms. The Morgan fingerprint density at radius 2 is 2.06 bits per heavy atom. The molecule has 0 bridgehead atoms. The van der Waals surface area contributed by atoms with Gasteiger partial charge in [0.05, 0.1) is 5.75 Å². The van der Waals surface area contributed by atoms with Crippen molar-refractivity contribution in [2.75, 3.05) is 13.1 Å². The van der Waals surface area contributed by atoms with Gasteiger partial charge in [0, 0.05) is 12.6 Å². The van der Waals surface area contributed by atoms with Crippen LogP contribution in [0.4, 0.5) is 0 Å². The predicted octanol–water partition coefficient (Wildman–Crippen LogP) is 0.468. The minimum atomic E-state index is -3.21. The van der Waals surface area contributed by atoms with Gasteiger partial charge in [-0.2, -0.15) is 0 Å². The highest BCUT2D eigenvalue weighted by atomic mass is 32.2. The molecule has 5 heteroatoms. The number of rotatable bonds is 4. The molecule has 1 aliphatic rings. The van der Waals surface area contributed by atoms with Gasteiger partial charge in [0.15, 0.2) is 0 Å². The summed E-state index contributed by atoms with van der Waals surface area (Å²) in [6.07, 6.45) is 0.869. The van der Waals surface area contributed by atoms with Crippen molar-refractivity contribution in [1.29, 1.82) is 0 Å². The van der Waals surface area contributed by atoms with Crippen LogP contribution in [0.2, 0.25) is 0 Å². The summed E-state index contributed by atoms with van der Waals surface area (Å²) in [6, 6.07) is 9.28. The van der Waals surface area contributed by atoms with Crippen molar-refractivity contribution in [2.45, 2.75) is 18.2 Å². The third kappa shape index (κ3) is 3.30. The van der Waals surface area contributed by atoms with E-state index in [1.165, 1.54) is 0 Å². The third-order valence-electron chi connectivity index (χ3n) is 2.61. The summed E-state index contributed by atoms with van der Waals surface area (Å²) in [5.74, 6) is 0.0599. The fourth-order valence-electron chi connectivity index (χ4n) is 1.84. The number of hydrogen-bond acceptors (Lipinski definition) is 3. The molecule has 1 aromatic carbocycles. The van der Waals surface area contributed by atoms with E-state index in [9.17, 15) is 8.42 Å². The molecule has 1 heterocycles. The normalized spacial score (nSPS) is 21.1. The largest absolute Gasteiger partial charge is 0.315 e. The van der Waals surface area contributed by atoms with Crippen molar-refractivity contribution in [3.05, 3.63) is 35.9 Å². The van der Waals surface area contributed by atoms with Crippen molar-refractivity contribution in [3.8, 4) is 0 Å². The molecule has 1 atom stereocenters. The first-order chi connectivity index (χ1) is 7.66. The average molecular weight is 240 g/mol. The fraction of sp³-hybridized carbons (Fsp3) is 0.455. The Morgan fingerprint density at radius 3 is 2.69 bits per heavy atom. The predicted molar refractivity (Wildman–Crippen MR) is 63.5 cm³/mol. The zero-order valence-electron chi connectivity index (χ0n) is 9.02. The Morgan fingerprint density at radius 1 is 1.31 bits per heavy atom. The summed E-state index contributed by atoms with van der Waals surface area (Å²) in [6.45, 7) is 1.62. The first-order valence-electron chi connectivity index (χ1n) is 5.40. The van der Waals surface area contributed by atoms with E-state index in [-0.39, 0.29) is 11.8 Å². The number of benzene rings is 1. The summed E-state index contributed by atoms with van der Waals surface area (Å²) in [5, 5.41) is 3.13. The van der Waals surface area contributed by atoms with Gasteiger partial charge in [-0.1, -0.05) is 30.3 Å². The van der Waals surface area contributed by atoms with Gasteiger partial charge >= 0.3 is 0 Å². The van der Waals surface area contributed by atoms with Gasteiger partial charge in [-0.3, -0.25) is 0 Å². The van der Waals surface area contributed by atoms with E-state index < -0.39 is 10.0 Å². The van der Waals surface area contributed by atoms with Gasteiger partial charge < -0.3 is 5.32 Å². The molecule has 2 rings (SSSR count). The van der Waals surface area contributed by atoms with Crippen LogP contribution in [0.25, 0.3) is 0 Å². The molecule has 1 aromatic rings. The fourth-order valence-corrected chi connectivity index (χ4v) is 3.27. The first-order valence-corrected chi connectivity index (χ1v) is 7.05. The van der Waals surface area contributed by atoms with Gasteiger partial charge in [-0.15, -0.1) is 0 Å². The molecule has 1 aliphatic heterocycles. The molecule has 1 saturated heterocycles. The maximum Gasteiger partial charge on any atom is 0.216 e. The highest BCUT2D eigenvalue weighted by Gasteiger charge is 2.20. The quantitative estimate of drug-likeness (QED) is 0.804. The Labute approximate surface area is 96.1 Å². The molecule has 0 radical (unpaired) electrons. The Bertz CT molecular complexity index is 425. The van der Waals surface area contributed by atoms with Crippen LogP contribution in [0, 0.1) is 0 Å². The standard InChI is InChI=1S/C11H16N2O2S/c14-16(15,13-11-6-7-12-8-11)9-10-4-2-1-3-5-10/h1-5,11-13H,6-9H2. The average Bonchev–Trinajstić information content (AvgIpc) is 2.70. The maximum atomic E-state index is 11.8. The molecule has 0 aromatic heterocycles. The highest BCUT2D eigenvalue weighted by Crippen LogP contribution is 2.06. The molecule has 0 amide bonds. The van der Waals surface area contributed by atoms with E-state index in [2.05, 4.69) is 10.0 Å². The van der Waals surface area contributed by atoms with Gasteiger partial charge in [0.25, 0.3) is 0 Å². The van der Waals surface area contributed by atoms with Gasteiger partial charge in [0.1, 0.15) is 0 Å². The topological polar surface area (TPSA) is 58.2 Å². The van der Waals surface area contributed by atoms with Crippen molar-refractivity contribution in [1.82, 2.24) is 10.0 Å². The molecular formula is C11H16N2O2S. The van der Waals surface area contributed by atoms with E-state index >= 15 is 0 Å². The number of sulfonamides is 1. The molecule has 0 spiro atoms. The van der Waals surface area contributed by atoms with E-state index in [0.29, 0.717) is 0 Å². The lowest BCUT2D eigenvalue weighted by atomic mass is 10.2. The maximum absolute atomic E-state index is 11.8. The molecule has 4 nitrogen and oxygen atoms in total. The lowest BCUT2D eigenvalue weighted by molar-refractivity contribution is 0.559. The summed E-state index contributed by atoms with van der Waals surface area (Å²) >= 11 is 0. The van der Waals surface area contributed by atoms with E-state index in [1.807, 2.05) is 30.3 Å². The van der Waals surface area contributed by atoms with Crippen LogP contribution in [0.15, 0.2) is 30.3 Å². The smallest absolute Gasteiger partial charge is 0.216 e. The second-order valence-corrected chi connectivity index (χ2v) is 5.81. The van der Waals surface area contributed by atoms with E-state index in [4.69, 9.17) is 0 Å². The van der Waals surface area contributed by atoms with Crippen molar-refractivity contribution in [3.63, 3.8) is 0 Å². The van der Waals surface area contributed by atoms with Crippen LogP contribution in [0.1, 0.15) is 12.0 Å². The lowest BCUT2D eigenvalue weighted by Gasteiger charge is -2.11. The van der Waals surface area contributed by atoms with Crippen LogP contribution in [-0.4, -0.2) is 27.5 Å². The summed E-state index contributed by atoms with van der Waals surface area (Å²) in [7, 11) is -3.21. The highest BCUT2D eigenvalue weighted by molar-refractivity contribution is 7.88. The van der Waals surface area contributed by atoms with Crippen LogP contribution >= 0.6 is 0 Å². The summed E-state index contributed by atoms with van der Waals surface area (Å²) < 4.78 is 26.3. The Balaban J connectivity index is 1.97. The Hall–Kier alpha value is -0.910. The molecule has 88 valence electrons. The van der Waals surface area contributed by atoms with Crippen LogP contribution in [0.3, 0.4) is 0 Å². The minimum absolute atomic E-state index is 0.0497. The van der Waals surface area contributed by atoms with Gasteiger partial charge in [0.2, 0.25) is 10.0 Å². The summed E-state index contributed by atoms with van der Waals surface area (Å²) in [4.78, 5) is 0. The van der Waals surface area contributed by atoms with E-state index in [0.717, 1.165) is 25.1 Å². The molecule has 0 saturated carbocycles. The SMILES string of the molecule is O=S(=O)(Cc1ccccc1)NC1CCNC1. The van der Waals surface area contributed by atoms with Crippen molar-refractivity contribution < 1.29 is 8.42 Å². The van der Waals surface area contributed by atoms with Gasteiger partial charge in [-0.05, 0) is 18.5 Å². The zero-order chi connectivity index (χ0) is 11.4. The number of hydrogen-bond donors (Lipinski definition) is 2. The molecule has 0 aliphatic carbocycles. The third-order valence-corrected chi connectivity index (χ3v) is 4.01. The van der Waals surface area contributed by atoms with Gasteiger partial charge in [-0.25, -0.2) is 13.1 Å². The second kappa shape index (κ2) is 4.95. The first kappa shape index (κ1) is 11.6. The molecule has 1 unspecified atom stereocenters. The lowest BCUT2D eigenvalue weighted by Crippen LogP contribution is -2.36. The monoisotopic (exact) mass is 240 g/mol. The molecule has 1 fully saturated rings. The second-order valence-electron chi connectivity index (χ2n) is 4.05. The van der Waals surface area contributed by atoms with Crippen molar-refractivity contribution >= 4 is 10.0 Å². The number of nitrogens with one attached hydrogen (secondary N) is 2.